The second-order valence-electron chi connectivity index (χ2n) is 9.92. The Morgan fingerprint density at radius 2 is 1.16 bits per heavy atom. The van der Waals surface area contributed by atoms with Crippen LogP contribution in [0.2, 0.25) is 0 Å². The molecule has 43 heavy (non-hydrogen) atoms. The number of benzene rings is 3. The Labute approximate surface area is 254 Å². The molecule has 0 spiro atoms. The first-order valence-corrected chi connectivity index (χ1v) is 14.4. The molecule has 0 aromatic heterocycles. The number of ketones is 1. The minimum Gasteiger partial charge on any atom is -0.347 e. The van der Waals surface area contributed by atoms with Crippen molar-refractivity contribution in [1.29, 1.82) is 0 Å². The minimum absolute atomic E-state index is 0.195. The molecule has 3 aromatic rings. The Bertz CT molecular complexity index is 1270. The average molecular weight is 589 g/mol. The molecule has 230 valence electrons. The molecular formula is C34H44N4O5. The molecule has 0 aliphatic heterocycles. The van der Waals surface area contributed by atoms with Crippen molar-refractivity contribution < 1.29 is 24.0 Å². The lowest BCUT2D eigenvalue weighted by Gasteiger charge is -2.14. The van der Waals surface area contributed by atoms with Crippen molar-refractivity contribution in [3.05, 3.63) is 108 Å². The molecule has 0 radical (unpaired) electrons. The standard InChI is InChI=1S/C22H24N4O5.C9H12.C3H8/c1-15(26-19(28)14-25-21(30)17-10-6-3-7-11-17)20(29)24-13-18(27)22(31)23-12-16-8-4-2-5-9-16;1-8(2)9-6-4-3-5-7-9;1-3-2/h2-11,15H,12-14H2,1H3,(H,23,31)(H,24,29)(H,25,30)(H,26,28);3-8H,1-2H3;3H2,1-2H3/t15-;;/m0../s1. The Morgan fingerprint density at radius 1 is 0.651 bits per heavy atom. The van der Waals surface area contributed by atoms with Crippen LogP contribution in [-0.2, 0) is 25.7 Å². The van der Waals surface area contributed by atoms with Gasteiger partial charge in [-0.25, -0.2) is 0 Å². The summed E-state index contributed by atoms with van der Waals surface area (Å²) >= 11 is 0. The molecule has 0 saturated carbocycles. The van der Waals surface area contributed by atoms with Crippen LogP contribution in [-0.4, -0.2) is 48.5 Å². The number of nitrogens with one attached hydrogen (secondary N) is 4. The van der Waals surface area contributed by atoms with Crippen LogP contribution in [0, 0.1) is 0 Å². The number of Topliss-reactive ketones (excluding diaryl/α,β-unsaturated/α-hetero) is 1. The van der Waals surface area contributed by atoms with E-state index in [0.29, 0.717) is 11.5 Å². The van der Waals surface area contributed by atoms with Gasteiger partial charge in [0.25, 0.3) is 11.8 Å². The Balaban J connectivity index is 0.000000641. The summed E-state index contributed by atoms with van der Waals surface area (Å²) in [6.45, 7) is 9.47. The van der Waals surface area contributed by atoms with E-state index in [1.807, 2.05) is 24.3 Å². The normalized spacial score (nSPS) is 10.5. The van der Waals surface area contributed by atoms with E-state index in [2.05, 4.69) is 73.2 Å². The molecule has 9 heteroatoms. The molecule has 3 aromatic carbocycles. The van der Waals surface area contributed by atoms with Crippen LogP contribution in [0.15, 0.2) is 91.0 Å². The smallest absolute Gasteiger partial charge is 0.289 e. The number of hydrogen-bond acceptors (Lipinski definition) is 5. The molecule has 0 bridgehead atoms. The lowest BCUT2D eigenvalue weighted by Crippen LogP contribution is -2.49. The van der Waals surface area contributed by atoms with Gasteiger partial charge in [-0.05, 0) is 36.1 Å². The fourth-order valence-corrected chi connectivity index (χ4v) is 3.33. The van der Waals surface area contributed by atoms with Gasteiger partial charge in [0.15, 0.2) is 0 Å². The predicted molar refractivity (Wildman–Crippen MR) is 169 cm³/mol. The van der Waals surface area contributed by atoms with Crippen LogP contribution in [0.1, 0.15) is 68.4 Å². The van der Waals surface area contributed by atoms with Gasteiger partial charge in [0.2, 0.25) is 17.6 Å². The molecule has 0 fully saturated rings. The van der Waals surface area contributed by atoms with Gasteiger partial charge in [-0.3, -0.25) is 24.0 Å². The quantitative estimate of drug-likeness (QED) is 0.250. The van der Waals surface area contributed by atoms with Crippen molar-refractivity contribution in [2.45, 2.75) is 59.5 Å². The van der Waals surface area contributed by atoms with Gasteiger partial charge in [0, 0.05) is 12.1 Å². The van der Waals surface area contributed by atoms with Crippen molar-refractivity contribution in [2.75, 3.05) is 13.1 Å². The third-order valence-corrected chi connectivity index (χ3v) is 5.65. The molecule has 0 unspecified atom stereocenters. The molecule has 3 rings (SSSR count). The van der Waals surface area contributed by atoms with E-state index in [9.17, 15) is 24.0 Å². The monoisotopic (exact) mass is 588 g/mol. The van der Waals surface area contributed by atoms with Crippen LogP contribution in [0.25, 0.3) is 0 Å². The molecule has 0 aliphatic rings. The largest absolute Gasteiger partial charge is 0.347 e. The summed E-state index contributed by atoms with van der Waals surface area (Å²) in [5.41, 5.74) is 2.66. The molecule has 1 atom stereocenters. The zero-order valence-corrected chi connectivity index (χ0v) is 25.7. The summed E-state index contributed by atoms with van der Waals surface area (Å²) < 4.78 is 0. The number of amides is 4. The maximum Gasteiger partial charge on any atom is 0.289 e. The third-order valence-electron chi connectivity index (χ3n) is 5.65. The fraction of sp³-hybridized carbons (Fsp3) is 0.324. The van der Waals surface area contributed by atoms with Crippen LogP contribution >= 0.6 is 0 Å². The van der Waals surface area contributed by atoms with Gasteiger partial charge in [-0.2, -0.15) is 0 Å². The molecule has 4 amide bonds. The number of rotatable bonds is 11. The summed E-state index contributed by atoms with van der Waals surface area (Å²) in [5.74, 6) is -2.58. The lowest BCUT2D eigenvalue weighted by molar-refractivity contribution is -0.138. The molecule has 9 nitrogen and oxygen atoms in total. The third kappa shape index (κ3) is 15.7. The van der Waals surface area contributed by atoms with E-state index in [0.717, 1.165) is 5.56 Å². The Hall–Kier alpha value is -4.79. The van der Waals surface area contributed by atoms with E-state index in [-0.39, 0.29) is 13.1 Å². The number of hydrogen-bond donors (Lipinski definition) is 4. The van der Waals surface area contributed by atoms with Gasteiger partial charge in [-0.1, -0.05) is 113 Å². The first kappa shape index (κ1) is 36.2. The van der Waals surface area contributed by atoms with Crippen molar-refractivity contribution in [1.82, 2.24) is 21.3 Å². The highest BCUT2D eigenvalue weighted by atomic mass is 16.2. The van der Waals surface area contributed by atoms with Crippen molar-refractivity contribution in [3.63, 3.8) is 0 Å². The SMILES string of the molecule is CC(C)c1ccccc1.CCC.C[C@H](NC(=O)CNC(=O)c1ccccc1)C(=O)NCC(=O)C(=O)NCc1ccccc1. The van der Waals surface area contributed by atoms with Gasteiger partial charge in [0.1, 0.15) is 6.04 Å². The van der Waals surface area contributed by atoms with E-state index >= 15 is 0 Å². The lowest BCUT2D eigenvalue weighted by atomic mass is 10.0. The van der Waals surface area contributed by atoms with Gasteiger partial charge in [0.05, 0.1) is 13.1 Å². The Kier molecular flexibility index (Phi) is 17.7. The van der Waals surface area contributed by atoms with E-state index < -0.39 is 42.0 Å². The van der Waals surface area contributed by atoms with Gasteiger partial charge < -0.3 is 21.3 Å². The van der Waals surface area contributed by atoms with Crippen LogP contribution < -0.4 is 21.3 Å². The highest BCUT2D eigenvalue weighted by Gasteiger charge is 2.19. The summed E-state index contributed by atoms with van der Waals surface area (Å²) in [4.78, 5) is 59.6. The number of carbonyl (C=O) groups is 5. The highest BCUT2D eigenvalue weighted by Crippen LogP contribution is 2.11. The minimum atomic E-state index is -0.957. The predicted octanol–water partition coefficient (Wildman–Crippen LogP) is 4.15. The van der Waals surface area contributed by atoms with Crippen molar-refractivity contribution in [2.24, 2.45) is 0 Å². The molecule has 0 saturated heterocycles. The summed E-state index contributed by atoms with van der Waals surface area (Å²) in [6.07, 6.45) is 1.25. The van der Waals surface area contributed by atoms with Crippen molar-refractivity contribution >= 4 is 29.4 Å². The maximum absolute atomic E-state index is 12.0. The fourth-order valence-electron chi connectivity index (χ4n) is 3.33. The van der Waals surface area contributed by atoms with Gasteiger partial charge in [-0.15, -0.1) is 0 Å². The van der Waals surface area contributed by atoms with Crippen LogP contribution in [0.3, 0.4) is 0 Å². The first-order chi connectivity index (χ1) is 20.6. The van der Waals surface area contributed by atoms with Crippen LogP contribution in [0.5, 0.6) is 0 Å². The summed E-state index contributed by atoms with van der Waals surface area (Å²) in [7, 11) is 0. The zero-order valence-electron chi connectivity index (χ0n) is 25.7. The molecular weight excluding hydrogens is 544 g/mol. The second kappa shape index (κ2) is 21.0. The summed E-state index contributed by atoms with van der Waals surface area (Å²) in [6, 6.07) is 27.0. The average Bonchev–Trinajstić information content (AvgIpc) is 3.03. The van der Waals surface area contributed by atoms with E-state index in [4.69, 9.17) is 0 Å². The zero-order chi connectivity index (χ0) is 32.0. The summed E-state index contributed by atoms with van der Waals surface area (Å²) in [5, 5.41) is 9.64. The maximum atomic E-state index is 12.0. The van der Waals surface area contributed by atoms with E-state index in [1.165, 1.54) is 18.9 Å². The molecule has 0 aliphatic carbocycles. The molecule has 4 N–H and O–H groups in total. The topological polar surface area (TPSA) is 133 Å². The van der Waals surface area contributed by atoms with Crippen molar-refractivity contribution in [3.8, 4) is 0 Å². The second-order valence-corrected chi connectivity index (χ2v) is 9.92. The number of carbonyl (C=O) groups excluding carboxylic acids is 5. The van der Waals surface area contributed by atoms with Gasteiger partial charge >= 0.3 is 0 Å². The van der Waals surface area contributed by atoms with E-state index in [1.54, 1.807) is 42.5 Å². The Morgan fingerprint density at radius 3 is 1.67 bits per heavy atom. The van der Waals surface area contributed by atoms with Crippen LogP contribution in [0.4, 0.5) is 0 Å². The highest BCUT2D eigenvalue weighted by molar-refractivity contribution is 6.37. The molecule has 0 heterocycles. The first-order valence-electron chi connectivity index (χ1n) is 14.4.